The van der Waals surface area contributed by atoms with E-state index in [9.17, 15) is 9.59 Å². The molecule has 3 heteroatoms. The molecule has 1 aromatic carbocycles. The third-order valence-corrected chi connectivity index (χ3v) is 2.41. The van der Waals surface area contributed by atoms with Crippen molar-refractivity contribution in [2.45, 2.75) is 33.1 Å². The Kier molecular flexibility index (Phi) is 4.23. The molecule has 0 bridgehead atoms. The Hall–Kier alpha value is -1.64. The number of anilines is 1. The fourth-order valence-electron chi connectivity index (χ4n) is 1.47. The van der Waals surface area contributed by atoms with Gasteiger partial charge in [-0.1, -0.05) is 39.0 Å². The maximum atomic E-state index is 11.5. The van der Waals surface area contributed by atoms with Gasteiger partial charge in [-0.25, -0.2) is 0 Å². The van der Waals surface area contributed by atoms with Crippen molar-refractivity contribution in [3.05, 3.63) is 29.8 Å². The summed E-state index contributed by atoms with van der Waals surface area (Å²) in [4.78, 5) is 22.6. The fourth-order valence-corrected chi connectivity index (χ4v) is 1.47. The smallest absolute Gasteiger partial charge is 0.291 e. The lowest BCUT2D eigenvalue weighted by atomic mass is 10.0. The second-order valence-corrected chi connectivity index (χ2v) is 3.97. The Morgan fingerprint density at radius 1 is 1.25 bits per heavy atom. The van der Waals surface area contributed by atoms with E-state index < -0.39 is 11.7 Å². The van der Waals surface area contributed by atoms with Gasteiger partial charge in [-0.2, -0.15) is 0 Å². The summed E-state index contributed by atoms with van der Waals surface area (Å²) >= 11 is 0. The average Bonchev–Trinajstić information content (AvgIpc) is 2.28. The van der Waals surface area contributed by atoms with Crippen molar-refractivity contribution < 1.29 is 9.59 Å². The normalized spacial score (nSPS) is 10.2. The molecule has 0 aromatic heterocycles. The standard InChI is InChI=1S/C13H17NO2/c1-4-12(15)13(16)14-11-8-6-5-7-10(11)9(2)3/h5-9H,4H2,1-3H3,(H,14,16). The number of rotatable bonds is 4. The van der Waals surface area contributed by atoms with Gasteiger partial charge in [0.2, 0.25) is 5.78 Å². The number of nitrogens with one attached hydrogen (secondary N) is 1. The number of amides is 1. The predicted octanol–water partition coefficient (Wildman–Crippen LogP) is 2.73. The van der Waals surface area contributed by atoms with E-state index in [1.807, 2.05) is 38.1 Å². The molecule has 0 unspecified atom stereocenters. The van der Waals surface area contributed by atoms with Crippen molar-refractivity contribution in [3.8, 4) is 0 Å². The number of Topliss-reactive ketones (excluding diaryl/α,β-unsaturated/α-hetero) is 1. The lowest BCUT2D eigenvalue weighted by molar-refractivity contribution is -0.134. The SMILES string of the molecule is CCC(=O)C(=O)Nc1ccccc1C(C)C. The molecule has 1 N–H and O–H groups in total. The minimum Gasteiger partial charge on any atom is -0.319 e. The summed E-state index contributed by atoms with van der Waals surface area (Å²) in [5.41, 5.74) is 1.77. The monoisotopic (exact) mass is 219 g/mol. The van der Waals surface area contributed by atoms with Gasteiger partial charge in [0.05, 0.1) is 0 Å². The number of carbonyl (C=O) groups is 2. The first-order valence-electron chi connectivity index (χ1n) is 5.49. The largest absolute Gasteiger partial charge is 0.319 e. The lowest BCUT2D eigenvalue weighted by Crippen LogP contribution is -2.22. The molecule has 0 fully saturated rings. The van der Waals surface area contributed by atoms with Crippen LogP contribution in [-0.2, 0) is 9.59 Å². The highest BCUT2D eigenvalue weighted by atomic mass is 16.2. The summed E-state index contributed by atoms with van der Waals surface area (Å²) < 4.78 is 0. The van der Waals surface area contributed by atoms with Gasteiger partial charge in [-0.05, 0) is 17.5 Å². The zero-order chi connectivity index (χ0) is 12.1. The summed E-state index contributed by atoms with van der Waals surface area (Å²) in [6.45, 7) is 5.77. The molecule has 0 aliphatic rings. The van der Waals surface area contributed by atoms with Gasteiger partial charge in [0, 0.05) is 12.1 Å². The van der Waals surface area contributed by atoms with E-state index in [-0.39, 0.29) is 6.42 Å². The number of hydrogen-bond donors (Lipinski definition) is 1. The second kappa shape index (κ2) is 5.45. The first kappa shape index (κ1) is 12.4. The molecule has 0 heterocycles. The van der Waals surface area contributed by atoms with Gasteiger partial charge in [0.15, 0.2) is 0 Å². The minimum absolute atomic E-state index is 0.232. The third-order valence-electron chi connectivity index (χ3n) is 2.41. The van der Waals surface area contributed by atoms with Crippen molar-refractivity contribution in [2.75, 3.05) is 5.32 Å². The van der Waals surface area contributed by atoms with E-state index >= 15 is 0 Å². The number of carbonyl (C=O) groups excluding carboxylic acids is 2. The maximum absolute atomic E-state index is 11.5. The van der Waals surface area contributed by atoms with E-state index in [1.54, 1.807) is 6.92 Å². The molecule has 0 aliphatic carbocycles. The summed E-state index contributed by atoms with van der Waals surface area (Å²) in [6.07, 6.45) is 0.232. The van der Waals surface area contributed by atoms with E-state index in [0.717, 1.165) is 11.3 Å². The molecule has 1 amide bonds. The molecule has 16 heavy (non-hydrogen) atoms. The first-order chi connectivity index (χ1) is 7.56. The third kappa shape index (κ3) is 2.92. The molecular formula is C13H17NO2. The zero-order valence-corrected chi connectivity index (χ0v) is 9.91. The van der Waals surface area contributed by atoms with Gasteiger partial charge in [0.1, 0.15) is 0 Å². The summed E-state index contributed by atoms with van der Waals surface area (Å²) in [5, 5.41) is 2.65. The van der Waals surface area contributed by atoms with Crippen LogP contribution in [0.1, 0.15) is 38.7 Å². The molecule has 86 valence electrons. The van der Waals surface area contributed by atoms with Crippen molar-refractivity contribution in [3.63, 3.8) is 0 Å². The van der Waals surface area contributed by atoms with Crippen LogP contribution in [0.2, 0.25) is 0 Å². The second-order valence-electron chi connectivity index (χ2n) is 3.97. The van der Waals surface area contributed by atoms with Crippen LogP contribution in [0.4, 0.5) is 5.69 Å². The topological polar surface area (TPSA) is 46.2 Å². The van der Waals surface area contributed by atoms with Crippen LogP contribution in [0.3, 0.4) is 0 Å². The van der Waals surface area contributed by atoms with E-state index in [1.165, 1.54) is 0 Å². The molecular weight excluding hydrogens is 202 g/mol. The Labute approximate surface area is 95.9 Å². The number of ketones is 1. The molecule has 0 atom stereocenters. The molecule has 3 nitrogen and oxygen atoms in total. The average molecular weight is 219 g/mol. The maximum Gasteiger partial charge on any atom is 0.291 e. The van der Waals surface area contributed by atoms with Crippen LogP contribution in [0, 0.1) is 0 Å². The van der Waals surface area contributed by atoms with Crippen LogP contribution < -0.4 is 5.32 Å². The van der Waals surface area contributed by atoms with Crippen LogP contribution in [0.5, 0.6) is 0 Å². The Morgan fingerprint density at radius 3 is 2.44 bits per heavy atom. The van der Waals surface area contributed by atoms with Crippen LogP contribution in [0.15, 0.2) is 24.3 Å². The minimum atomic E-state index is -0.532. The quantitative estimate of drug-likeness (QED) is 0.791. The van der Waals surface area contributed by atoms with Crippen molar-refractivity contribution in [2.24, 2.45) is 0 Å². The summed E-state index contributed by atoms with van der Waals surface area (Å²) in [6, 6.07) is 7.54. The Bertz CT molecular complexity index is 397. The van der Waals surface area contributed by atoms with Crippen LogP contribution >= 0.6 is 0 Å². The van der Waals surface area contributed by atoms with Gasteiger partial charge >= 0.3 is 0 Å². The Morgan fingerprint density at radius 2 is 1.88 bits per heavy atom. The summed E-state index contributed by atoms with van der Waals surface area (Å²) in [7, 11) is 0. The zero-order valence-electron chi connectivity index (χ0n) is 9.91. The van der Waals surface area contributed by atoms with Crippen LogP contribution in [0.25, 0.3) is 0 Å². The first-order valence-corrected chi connectivity index (χ1v) is 5.49. The number of para-hydroxylation sites is 1. The van der Waals surface area contributed by atoms with Crippen molar-refractivity contribution in [1.29, 1.82) is 0 Å². The highest BCUT2D eigenvalue weighted by molar-refractivity contribution is 6.40. The van der Waals surface area contributed by atoms with Crippen molar-refractivity contribution in [1.82, 2.24) is 0 Å². The van der Waals surface area contributed by atoms with Gasteiger partial charge in [0.25, 0.3) is 5.91 Å². The highest BCUT2D eigenvalue weighted by Crippen LogP contribution is 2.23. The lowest BCUT2D eigenvalue weighted by Gasteiger charge is -2.12. The fraction of sp³-hybridized carbons (Fsp3) is 0.385. The van der Waals surface area contributed by atoms with Gasteiger partial charge < -0.3 is 5.32 Å². The molecule has 0 aliphatic heterocycles. The highest BCUT2D eigenvalue weighted by Gasteiger charge is 2.13. The van der Waals surface area contributed by atoms with Gasteiger partial charge in [-0.3, -0.25) is 9.59 Å². The molecule has 1 aromatic rings. The summed E-state index contributed by atoms with van der Waals surface area (Å²) in [5.74, 6) is -0.609. The number of hydrogen-bond acceptors (Lipinski definition) is 2. The molecule has 0 saturated carbocycles. The molecule has 1 rings (SSSR count). The van der Waals surface area contributed by atoms with E-state index in [2.05, 4.69) is 5.32 Å². The van der Waals surface area contributed by atoms with Crippen LogP contribution in [-0.4, -0.2) is 11.7 Å². The molecule has 0 saturated heterocycles. The Balaban J connectivity index is 2.89. The van der Waals surface area contributed by atoms with E-state index in [4.69, 9.17) is 0 Å². The molecule has 0 spiro atoms. The van der Waals surface area contributed by atoms with E-state index in [0.29, 0.717) is 5.92 Å². The van der Waals surface area contributed by atoms with Gasteiger partial charge in [-0.15, -0.1) is 0 Å². The molecule has 0 radical (unpaired) electrons. The predicted molar refractivity (Wildman–Crippen MR) is 64.5 cm³/mol. The van der Waals surface area contributed by atoms with Crippen molar-refractivity contribution >= 4 is 17.4 Å². The number of benzene rings is 1.